The lowest BCUT2D eigenvalue weighted by atomic mass is 10.0. The number of nitrogens with zero attached hydrogens (tertiary/aromatic N) is 3. The number of rotatable bonds is 5. The maximum Gasteiger partial charge on any atom is 0.205 e. The van der Waals surface area contributed by atoms with E-state index in [0.717, 1.165) is 24.0 Å². The van der Waals surface area contributed by atoms with Crippen LogP contribution in [0.25, 0.3) is 0 Å². The van der Waals surface area contributed by atoms with Crippen LogP contribution in [0.2, 0.25) is 0 Å². The third kappa shape index (κ3) is 3.89. The van der Waals surface area contributed by atoms with Crippen LogP contribution >= 0.6 is 11.5 Å². The highest BCUT2D eigenvalue weighted by Gasteiger charge is 2.22. The van der Waals surface area contributed by atoms with Crippen molar-refractivity contribution in [2.45, 2.75) is 65.0 Å². The molecule has 1 aromatic heterocycles. The summed E-state index contributed by atoms with van der Waals surface area (Å²) in [6, 6.07) is 1.07. The number of hydrogen-bond donors (Lipinski definition) is 1. The van der Waals surface area contributed by atoms with Crippen LogP contribution in [-0.4, -0.2) is 34.5 Å². The molecule has 1 N–H and O–H groups in total. The molecule has 1 aliphatic rings. The first kappa shape index (κ1) is 14.7. The summed E-state index contributed by atoms with van der Waals surface area (Å²) in [5, 5.41) is 4.69. The van der Waals surface area contributed by atoms with E-state index in [9.17, 15) is 0 Å². The average Bonchev–Trinajstić information content (AvgIpc) is 2.86. The van der Waals surface area contributed by atoms with Crippen LogP contribution < -0.4 is 10.2 Å². The van der Waals surface area contributed by atoms with Gasteiger partial charge in [0.25, 0.3) is 0 Å². The zero-order valence-electron chi connectivity index (χ0n) is 12.5. The predicted octanol–water partition coefficient (Wildman–Crippen LogP) is 3.02. The number of anilines is 1. The third-order valence-corrected chi connectivity index (χ3v) is 4.41. The molecule has 1 fully saturated rings. The van der Waals surface area contributed by atoms with Crippen LogP contribution in [-0.2, 0) is 0 Å². The summed E-state index contributed by atoms with van der Waals surface area (Å²) in [6.07, 6.45) is 3.94. The second-order valence-corrected chi connectivity index (χ2v) is 6.71. The Morgan fingerprint density at radius 3 is 2.63 bits per heavy atom. The SMILES string of the molecule is CC(C)c1nsc(N(CC2CCCCN2)C(C)C)n1. The molecule has 0 radical (unpaired) electrons. The molecule has 0 bridgehead atoms. The molecule has 1 saturated heterocycles. The molecule has 2 rings (SSSR count). The number of aromatic nitrogens is 2. The highest BCUT2D eigenvalue weighted by atomic mass is 32.1. The number of nitrogens with one attached hydrogen (secondary N) is 1. The molecule has 1 unspecified atom stereocenters. The third-order valence-electron chi connectivity index (χ3n) is 3.65. The van der Waals surface area contributed by atoms with Crippen LogP contribution in [0.4, 0.5) is 5.13 Å². The van der Waals surface area contributed by atoms with Crippen LogP contribution in [0.5, 0.6) is 0 Å². The van der Waals surface area contributed by atoms with Crippen molar-refractivity contribution in [3.8, 4) is 0 Å². The average molecular weight is 282 g/mol. The predicted molar refractivity (Wildman–Crippen MR) is 82.1 cm³/mol. The van der Waals surface area contributed by atoms with E-state index < -0.39 is 0 Å². The van der Waals surface area contributed by atoms with E-state index in [1.54, 1.807) is 0 Å². The van der Waals surface area contributed by atoms with Gasteiger partial charge in [-0.3, -0.25) is 0 Å². The molecule has 0 aliphatic carbocycles. The summed E-state index contributed by atoms with van der Waals surface area (Å²) in [5.74, 6) is 1.38. The van der Waals surface area contributed by atoms with Gasteiger partial charge < -0.3 is 10.2 Å². The van der Waals surface area contributed by atoms with Gasteiger partial charge in [-0.1, -0.05) is 20.3 Å². The molecule has 1 atom stereocenters. The van der Waals surface area contributed by atoms with Gasteiger partial charge in [-0.25, -0.2) is 4.98 Å². The standard InChI is InChI=1S/C14H26N4S/c1-10(2)13-16-14(19-17-13)18(11(3)4)9-12-7-5-6-8-15-12/h10-12,15H,5-9H2,1-4H3. The maximum absolute atomic E-state index is 4.70. The molecule has 0 aromatic carbocycles. The van der Waals surface area contributed by atoms with Gasteiger partial charge in [-0.15, -0.1) is 0 Å². The first-order valence-electron chi connectivity index (χ1n) is 7.41. The van der Waals surface area contributed by atoms with E-state index in [0.29, 0.717) is 18.0 Å². The van der Waals surface area contributed by atoms with Crippen LogP contribution in [0.3, 0.4) is 0 Å². The van der Waals surface area contributed by atoms with E-state index >= 15 is 0 Å². The quantitative estimate of drug-likeness (QED) is 0.901. The van der Waals surface area contributed by atoms with Gasteiger partial charge in [0.1, 0.15) is 5.82 Å². The minimum atomic E-state index is 0.409. The lowest BCUT2D eigenvalue weighted by molar-refractivity contribution is 0.393. The molecular formula is C14H26N4S. The molecule has 0 saturated carbocycles. The van der Waals surface area contributed by atoms with Crippen LogP contribution in [0, 0.1) is 0 Å². The monoisotopic (exact) mass is 282 g/mol. The van der Waals surface area contributed by atoms with Gasteiger partial charge in [0.05, 0.1) is 0 Å². The lowest BCUT2D eigenvalue weighted by Gasteiger charge is -2.32. The highest BCUT2D eigenvalue weighted by molar-refractivity contribution is 7.09. The molecule has 0 spiro atoms. The fourth-order valence-corrected chi connectivity index (χ4v) is 3.36. The van der Waals surface area contributed by atoms with Gasteiger partial charge in [0.2, 0.25) is 5.13 Å². The summed E-state index contributed by atoms with van der Waals surface area (Å²) in [7, 11) is 0. The van der Waals surface area contributed by atoms with E-state index in [-0.39, 0.29) is 0 Å². The van der Waals surface area contributed by atoms with E-state index in [2.05, 4.69) is 42.3 Å². The molecule has 108 valence electrons. The Bertz CT molecular complexity index is 383. The minimum Gasteiger partial charge on any atom is -0.343 e. The second kappa shape index (κ2) is 6.66. The molecule has 2 heterocycles. The number of hydrogen-bond acceptors (Lipinski definition) is 5. The summed E-state index contributed by atoms with van der Waals surface area (Å²) >= 11 is 1.54. The van der Waals surface area contributed by atoms with Gasteiger partial charge in [0, 0.05) is 36.1 Å². The Morgan fingerprint density at radius 1 is 1.32 bits per heavy atom. The summed E-state index contributed by atoms with van der Waals surface area (Å²) in [4.78, 5) is 7.10. The van der Waals surface area contributed by atoms with Crippen molar-refractivity contribution in [1.29, 1.82) is 0 Å². The highest BCUT2D eigenvalue weighted by Crippen LogP contribution is 2.24. The zero-order chi connectivity index (χ0) is 13.8. The van der Waals surface area contributed by atoms with E-state index in [1.807, 2.05) is 0 Å². The smallest absolute Gasteiger partial charge is 0.205 e. The molecule has 4 nitrogen and oxygen atoms in total. The molecule has 5 heteroatoms. The summed E-state index contributed by atoms with van der Waals surface area (Å²) in [5.41, 5.74) is 0. The first-order valence-corrected chi connectivity index (χ1v) is 8.19. The topological polar surface area (TPSA) is 41.1 Å². The van der Waals surface area contributed by atoms with Crippen LogP contribution in [0.1, 0.15) is 58.7 Å². The maximum atomic E-state index is 4.70. The number of piperidine rings is 1. The Kier molecular flexibility index (Phi) is 5.16. The summed E-state index contributed by atoms with van der Waals surface area (Å²) in [6.45, 7) is 11.0. The second-order valence-electron chi connectivity index (χ2n) is 5.98. The first-order chi connectivity index (χ1) is 9.08. The van der Waals surface area contributed by atoms with Crippen molar-refractivity contribution in [3.63, 3.8) is 0 Å². The van der Waals surface area contributed by atoms with Gasteiger partial charge in [-0.2, -0.15) is 4.37 Å². The molecular weight excluding hydrogens is 256 g/mol. The lowest BCUT2D eigenvalue weighted by Crippen LogP contribution is -2.46. The van der Waals surface area contributed by atoms with Crippen molar-refractivity contribution in [2.75, 3.05) is 18.0 Å². The van der Waals surface area contributed by atoms with Crippen molar-refractivity contribution in [3.05, 3.63) is 5.82 Å². The van der Waals surface area contributed by atoms with Crippen molar-refractivity contribution in [2.24, 2.45) is 0 Å². The minimum absolute atomic E-state index is 0.409. The summed E-state index contributed by atoms with van der Waals surface area (Å²) < 4.78 is 4.48. The van der Waals surface area contributed by atoms with Crippen LogP contribution in [0.15, 0.2) is 0 Å². The fourth-order valence-electron chi connectivity index (χ4n) is 2.40. The zero-order valence-corrected chi connectivity index (χ0v) is 13.3. The van der Waals surface area contributed by atoms with Crippen molar-refractivity contribution >= 4 is 16.7 Å². The molecule has 1 aromatic rings. The fraction of sp³-hybridized carbons (Fsp3) is 0.857. The van der Waals surface area contributed by atoms with Gasteiger partial charge in [0.15, 0.2) is 0 Å². The Morgan fingerprint density at radius 2 is 2.11 bits per heavy atom. The van der Waals surface area contributed by atoms with Gasteiger partial charge >= 0.3 is 0 Å². The van der Waals surface area contributed by atoms with E-state index in [4.69, 9.17) is 4.98 Å². The molecule has 1 aliphatic heterocycles. The molecule has 19 heavy (non-hydrogen) atoms. The Hall–Kier alpha value is -0.680. The largest absolute Gasteiger partial charge is 0.343 e. The Balaban J connectivity index is 2.05. The normalized spacial score (nSPS) is 20.2. The van der Waals surface area contributed by atoms with E-state index in [1.165, 1.54) is 30.8 Å². The van der Waals surface area contributed by atoms with Crippen molar-refractivity contribution < 1.29 is 0 Å². The molecule has 0 amide bonds. The van der Waals surface area contributed by atoms with Gasteiger partial charge in [-0.05, 0) is 33.2 Å². The van der Waals surface area contributed by atoms with Crippen molar-refractivity contribution in [1.82, 2.24) is 14.7 Å². The Labute approximate surface area is 120 Å².